The molecule has 0 amide bonds. The minimum absolute atomic E-state index is 0.0104. The minimum atomic E-state index is -0.925. The predicted molar refractivity (Wildman–Crippen MR) is 130 cm³/mol. The first kappa shape index (κ1) is 22.3. The molecular weight excluding hydrogens is 428 g/mol. The van der Waals surface area contributed by atoms with Crippen LogP contribution in [-0.2, 0) is 22.4 Å². The molecule has 1 N–H and O–H groups in total. The van der Waals surface area contributed by atoms with Crippen LogP contribution in [0.5, 0.6) is 0 Å². The van der Waals surface area contributed by atoms with E-state index in [1.807, 2.05) is 18.2 Å². The molecule has 0 unspecified atom stereocenters. The molecule has 0 aliphatic heterocycles. The van der Waals surface area contributed by atoms with Crippen LogP contribution in [0.15, 0.2) is 65.3 Å². The minimum Gasteiger partial charge on any atom is -0.480 e. The van der Waals surface area contributed by atoms with Gasteiger partial charge in [-0.1, -0.05) is 61.5 Å². The number of fused-ring (bicyclic) bond motifs is 1. The van der Waals surface area contributed by atoms with E-state index in [9.17, 15) is 4.79 Å². The molecule has 2 heterocycles. The van der Waals surface area contributed by atoms with Crippen LogP contribution in [0.25, 0.3) is 33.6 Å². The quantitative estimate of drug-likeness (QED) is 0.354. The van der Waals surface area contributed by atoms with Gasteiger partial charge in [0.1, 0.15) is 18.7 Å². The number of aryl methyl sites for hydroxylation is 1. The average Bonchev–Trinajstić information content (AvgIpc) is 3.48. The number of carbonyl (C=O) groups is 1. The van der Waals surface area contributed by atoms with E-state index in [0.29, 0.717) is 11.6 Å². The van der Waals surface area contributed by atoms with Gasteiger partial charge in [-0.2, -0.15) is 0 Å². The van der Waals surface area contributed by atoms with Gasteiger partial charge in [0, 0.05) is 11.1 Å². The van der Waals surface area contributed by atoms with Gasteiger partial charge in [0.15, 0.2) is 0 Å². The van der Waals surface area contributed by atoms with E-state index in [0.717, 1.165) is 65.6 Å². The molecule has 34 heavy (non-hydrogen) atoms. The van der Waals surface area contributed by atoms with Crippen molar-refractivity contribution in [2.75, 3.05) is 6.61 Å². The topological polar surface area (TPSA) is 85.5 Å². The molecule has 0 bridgehead atoms. The fourth-order valence-electron chi connectivity index (χ4n) is 4.95. The van der Waals surface area contributed by atoms with Gasteiger partial charge in [0.05, 0.1) is 17.2 Å². The summed E-state index contributed by atoms with van der Waals surface area (Å²) in [5.41, 5.74) is 5.96. The third-order valence-corrected chi connectivity index (χ3v) is 6.67. The van der Waals surface area contributed by atoms with Crippen molar-refractivity contribution >= 4 is 17.1 Å². The SMILES string of the molecule is CCc1ccc(-c2c(-c3ccccc3)oc3ncnc(C[C@@H]4CC[C@H](OCC(=O)O)C4)c23)cc1. The van der Waals surface area contributed by atoms with Gasteiger partial charge in [-0.05, 0) is 49.1 Å². The van der Waals surface area contributed by atoms with Gasteiger partial charge in [-0.3, -0.25) is 0 Å². The summed E-state index contributed by atoms with van der Waals surface area (Å²) in [6.45, 7) is 1.91. The third kappa shape index (κ3) is 4.59. The summed E-state index contributed by atoms with van der Waals surface area (Å²) in [6.07, 6.45) is 6.02. The van der Waals surface area contributed by atoms with Crippen molar-refractivity contribution in [1.82, 2.24) is 9.97 Å². The van der Waals surface area contributed by atoms with E-state index in [2.05, 4.69) is 48.3 Å². The first-order valence-electron chi connectivity index (χ1n) is 11.9. The van der Waals surface area contributed by atoms with Crippen LogP contribution in [0.2, 0.25) is 0 Å². The summed E-state index contributed by atoms with van der Waals surface area (Å²) < 4.78 is 11.9. The van der Waals surface area contributed by atoms with Crippen LogP contribution in [0.1, 0.15) is 37.4 Å². The number of carboxylic acid groups (broad SMARTS) is 1. The van der Waals surface area contributed by atoms with Gasteiger partial charge < -0.3 is 14.3 Å². The highest BCUT2D eigenvalue weighted by Crippen LogP contribution is 2.42. The van der Waals surface area contributed by atoms with Crippen molar-refractivity contribution in [1.29, 1.82) is 0 Å². The molecule has 2 atom stereocenters. The lowest BCUT2D eigenvalue weighted by Gasteiger charge is -2.12. The predicted octanol–water partition coefficient (Wildman–Crippen LogP) is 5.93. The Labute approximate surface area is 198 Å². The molecule has 5 rings (SSSR count). The summed E-state index contributed by atoms with van der Waals surface area (Å²) in [7, 11) is 0. The van der Waals surface area contributed by atoms with E-state index < -0.39 is 5.97 Å². The number of ether oxygens (including phenoxy) is 1. The zero-order valence-electron chi connectivity index (χ0n) is 19.2. The molecular formula is C28H28N2O4. The molecule has 1 fully saturated rings. The lowest BCUT2D eigenvalue weighted by atomic mass is 9.94. The molecule has 1 saturated carbocycles. The lowest BCUT2D eigenvalue weighted by Crippen LogP contribution is -2.15. The van der Waals surface area contributed by atoms with Crippen molar-refractivity contribution in [2.24, 2.45) is 5.92 Å². The van der Waals surface area contributed by atoms with Crippen LogP contribution in [-0.4, -0.2) is 33.8 Å². The summed E-state index contributed by atoms with van der Waals surface area (Å²) >= 11 is 0. The van der Waals surface area contributed by atoms with Gasteiger partial charge >= 0.3 is 5.97 Å². The van der Waals surface area contributed by atoms with Crippen LogP contribution >= 0.6 is 0 Å². The Bertz CT molecular complexity index is 1280. The second-order valence-corrected chi connectivity index (χ2v) is 8.93. The normalized spacial score (nSPS) is 17.9. The van der Waals surface area contributed by atoms with Gasteiger partial charge in [-0.25, -0.2) is 14.8 Å². The molecule has 6 heteroatoms. The highest BCUT2D eigenvalue weighted by molar-refractivity contribution is 6.01. The second-order valence-electron chi connectivity index (χ2n) is 8.93. The van der Waals surface area contributed by atoms with Crippen molar-refractivity contribution in [3.8, 4) is 22.5 Å². The molecule has 0 radical (unpaired) electrons. The molecule has 6 nitrogen and oxygen atoms in total. The van der Waals surface area contributed by atoms with Gasteiger partial charge in [0.2, 0.25) is 5.71 Å². The number of rotatable bonds is 8. The molecule has 2 aromatic heterocycles. The number of hydrogen-bond donors (Lipinski definition) is 1. The standard InChI is InChI=1S/C28H28N2O4/c1-2-18-8-11-20(12-9-18)25-26-23(15-19-10-13-22(14-19)33-16-24(31)32)29-17-30-28(26)34-27(25)21-6-4-3-5-7-21/h3-9,11-12,17,19,22H,2,10,13-16H2,1H3,(H,31,32)/t19-,22+/m1/s1. The summed E-state index contributed by atoms with van der Waals surface area (Å²) in [6, 6.07) is 18.7. The molecule has 174 valence electrons. The molecule has 2 aromatic carbocycles. The van der Waals surface area contributed by atoms with Gasteiger partial charge in [0.25, 0.3) is 0 Å². The van der Waals surface area contributed by atoms with E-state index in [1.165, 1.54) is 5.56 Å². The summed E-state index contributed by atoms with van der Waals surface area (Å²) in [5.74, 6) is 0.254. The Kier molecular flexibility index (Phi) is 6.41. The third-order valence-electron chi connectivity index (χ3n) is 6.67. The Balaban J connectivity index is 1.55. The monoisotopic (exact) mass is 456 g/mol. The lowest BCUT2D eigenvalue weighted by molar-refractivity contribution is -0.144. The highest BCUT2D eigenvalue weighted by Gasteiger charge is 2.29. The Hall–Kier alpha value is -3.51. The Morgan fingerprint density at radius 1 is 1.06 bits per heavy atom. The number of carboxylic acids is 1. The number of furan rings is 1. The number of aromatic nitrogens is 2. The van der Waals surface area contributed by atoms with Crippen LogP contribution in [0.3, 0.4) is 0 Å². The molecule has 4 aromatic rings. The zero-order chi connectivity index (χ0) is 23.5. The van der Waals surface area contributed by atoms with Crippen molar-refractivity contribution in [2.45, 2.75) is 45.1 Å². The van der Waals surface area contributed by atoms with Crippen LogP contribution < -0.4 is 0 Å². The maximum absolute atomic E-state index is 10.9. The number of nitrogens with zero attached hydrogens (tertiary/aromatic N) is 2. The molecule has 1 aliphatic carbocycles. The zero-order valence-corrected chi connectivity index (χ0v) is 19.2. The Morgan fingerprint density at radius 2 is 1.85 bits per heavy atom. The first-order chi connectivity index (χ1) is 16.6. The van der Waals surface area contributed by atoms with Crippen molar-refractivity contribution in [3.63, 3.8) is 0 Å². The summed E-state index contributed by atoms with van der Waals surface area (Å²) in [4.78, 5) is 20.0. The van der Waals surface area contributed by atoms with Crippen LogP contribution in [0, 0.1) is 5.92 Å². The molecule has 0 saturated heterocycles. The van der Waals surface area contributed by atoms with E-state index >= 15 is 0 Å². The summed E-state index contributed by atoms with van der Waals surface area (Å²) in [5, 5.41) is 9.87. The number of benzene rings is 2. The van der Waals surface area contributed by atoms with Crippen molar-refractivity contribution in [3.05, 3.63) is 72.2 Å². The largest absolute Gasteiger partial charge is 0.480 e. The smallest absolute Gasteiger partial charge is 0.329 e. The number of hydrogen-bond acceptors (Lipinski definition) is 5. The number of aliphatic carboxylic acids is 1. The fraction of sp³-hybridized carbons (Fsp3) is 0.321. The fourth-order valence-corrected chi connectivity index (χ4v) is 4.95. The Morgan fingerprint density at radius 3 is 2.59 bits per heavy atom. The van der Waals surface area contributed by atoms with E-state index in [-0.39, 0.29) is 12.7 Å². The molecule has 0 spiro atoms. The van der Waals surface area contributed by atoms with E-state index in [1.54, 1.807) is 6.33 Å². The van der Waals surface area contributed by atoms with Crippen molar-refractivity contribution < 1.29 is 19.1 Å². The first-order valence-corrected chi connectivity index (χ1v) is 11.9. The average molecular weight is 457 g/mol. The van der Waals surface area contributed by atoms with E-state index in [4.69, 9.17) is 19.2 Å². The maximum atomic E-state index is 10.9. The highest BCUT2D eigenvalue weighted by atomic mass is 16.5. The van der Waals surface area contributed by atoms with Gasteiger partial charge in [-0.15, -0.1) is 0 Å². The maximum Gasteiger partial charge on any atom is 0.329 e. The second kappa shape index (κ2) is 9.77. The van der Waals surface area contributed by atoms with Crippen LogP contribution in [0.4, 0.5) is 0 Å². The molecule has 1 aliphatic rings.